The molecule has 8 nitrogen and oxygen atoms in total. The van der Waals surface area contributed by atoms with Crippen LogP contribution < -0.4 is 20.4 Å². The predicted octanol–water partition coefficient (Wildman–Crippen LogP) is 2.35. The zero-order chi connectivity index (χ0) is 19.1. The van der Waals surface area contributed by atoms with Crippen molar-refractivity contribution in [1.82, 2.24) is 10.9 Å². The monoisotopic (exact) mass is 421 g/mol. The zero-order valence-electron chi connectivity index (χ0n) is 13.9. The Labute approximate surface area is 157 Å². The summed E-state index contributed by atoms with van der Waals surface area (Å²) in [5.74, 6) is -0.145. The molecular weight excluding hydrogens is 406 g/mol. The SMILES string of the molecule is COc1cc(Br)c(/C=N/NC(=O)c2cccc(C(=O)NO)c2)cc1OC. The molecule has 0 aliphatic rings. The van der Waals surface area contributed by atoms with Gasteiger partial charge in [-0.1, -0.05) is 6.07 Å². The lowest BCUT2D eigenvalue weighted by atomic mass is 10.1. The van der Waals surface area contributed by atoms with E-state index in [1.54, 1.807) is 12.1 Å². The molecule has 0 aliphatic carbocycles. The molecule has 0 saturated carbocycles. The Hall–Kier alpha value is -2.91. The lowest BCUT2D eigenvalue weighted by molar-refractivity contribution is 0.0706. The molecule has 2 aromatic rings. The van der Waals surface area contributed by atoms with Crippen LogP contribution in [0.2, 0.25) is 0 Å². The number of rotatable bonds is 6. The number of benzene rings is 2. The number of amides is 2. The molecule has 136 valence electrons. The summed E-state index contributed by atoms with van der Waals surface area (Å²) >= 11 is 3.39. The molecule has 0 atom stereocenters. The topological polar surface area (TPSA) is 109 Å². The van der Waals surface area contributed by atoms with Gasteiger partial charge in [0.15, 0.2) is 11.5 Å². The highest BCUT2D eigenvalue weighted by Crippen LogP contribution is 2.32. The van der Waals surface area contributed by atoms with E-state index in [1.807, 2.05) is 0 Å². The summed E-state index contributed by atoms with van der Waals surface area (Å²) in [4.78, 5) is 23.5. The molecule has 2 aromatic carbocycles. The first-order valence-corrected chi connectivity index (χ1v) is 8.09. The van der Waals surface area contributed by atoms with Crippen LogP contribution in [0.1, 0.15) is 26.3 Å². The van der Waals surface area contributed by atoms with Gasteiger partial charge in [0.05, 0.1) is 20.4 Å². The number of carbonyl (C=O) groups excluding carboxylic acids is 2. The summed E-state index contributed by atoms with van der Waals surface area (Å²) < 4.78 is 11.1. The predicted molar refractivity (Wildman–Crippen MR) is 98.0 cm³/mol. The third-order valence-corrected chi connectivity index (χ3v) is 4.05. The van der Waals surface area contributed by atoms with Gasteiger partial charge in [-0.05, 0) is 46.3 Å². The number of nitrogens with zero attached hydrogens (tertiary/aromatic N) is 1. The summed E-state index contributed by atoms with van der Waals surface area (Å²) in [6.07, 6.45) is 1.44. The molecule has 0 aliphatic heterocycles. The van der Waals surface area contributed by atoms with E-state index in [1.165, 1.54) is 50.2 Å². The number of halogens is 1. The second kappa shape index (κ2) is 8.97. The van der Waals surface area contributed by atoms with Crippen molar-refractivity contribution in [2.75, 3.05) is 14.2 Å². The number of methoxy groups -OCH3 is 2. The number of hydroxylamine groups is 1. The molecule has 9 heteroatoms. The van der Waals surface area contributed by atoms with E-state index in [0.717, 1.165) is 0 Å². The second-order valence-corrected chi connectivity index (χ2v) is 5.80. The van der Waals surface area contributed by atoms with Crippen LogP contribution in [0.5, 0.6) is 11.5 Å². The number of carbonyl (C=O) groups is 2. The van der Waals surface area contributed by atoms with Crippen molar-refractivity contribution in [3.05, 3.63) is 57.6 Å². The van der Waals surface area contributed by atoms with Crippen molar-refractivity contribution in [2.45, 2.75) is 0 Å². The zero-order valence-corrected chi connectivity index (χ0v) is 15.5. The maximum Gasteiger partial charge on any atom is 0.274 e. The summed E-state index contributed by atoms with van der Waals surface area (Å²) in [5.41, 5.74) is 4.90. The average molecular weight is 422 g/mol. The Bertz CT molecular complexity index is 854. The van der Waals surface area contributed by atoms with Crippen molar-refractivity contribution < 1.29 is 24.3 Å². The molecule has 0 aromatic heterocycles. The highest BCUT2D eigenvalue weighted by atomic mass is 79.9. The minimum Gasteiger partial charge on any atom is -0.493 e. The highest BCUT2D eigenvalue weighted by Gasteiger charge is 2.10. The second-order valence-electron chi connectivity index (χ2n) is 4.95. The molecule has 2 rings (SSSR count). The summed E-state index contributed by atoms with van der Waals surface area (Å²) in [5, 5.41) is 12.5. The van der Waals surface area contributed by atoms with Gasteiger partial charge in [-0.2, -0.15) is 5.10 Å². The van der Waals surface area contributed by atoms with E-state index >= 15 is 0 Å². The fourth-order valence-corrected chi connectivity index (χ4v) is 2.48. The summed E-state index contributed by atoms with van der Waals surface area (Å²) in [7, 11) is 3.05. The third-order valence-electron chi connectivity index (χ3n) is 3.36. The number of hydrogen-bond donors (Lipinski definition) is 3. The minimum absolute atomic E-state index is 0.145. The molecule has 26 heavy (non-hydrogen) atoms. The highest BCUT2D eigenvalue weighted by molar-refractivity contribution is 9.10. The van der Waals surface area contributed by atoms with Crippen LogP contribution in [0.15, 0.2) is 46.0 Å². The van der Waals surface area contributed by atoms with Crippen molar-refractivity contribution in [2.24, 2.45) is 5.10 Å². The van der Waals surface area contributed by atoms with Gasteiger partial charge in [0.1, 0.15) is 0 Å². The van der Waals surface area contributed by atoms with Gasteiger partial charge in [-0.15, -0.1) is 0 Å². The van der Waals surface area contributed by atoms with Gasteiger partial charge in [0, 0.05) is 21.2 Å². The third kappa shape index (κ3) is 4.58. The molecule has 3 N–H and O–H groups in total. The molecule has 0 bridgehead atoms. The van der Waals surface area contributed by atoms with Crippen LogP contribution in [0, 0.1) is 0 Å². The van der Waals surface area contributed by atoms with Crippen LogP contribution in [0.25, 0.3) is 0 Å². The number of hydrogen-bond acceptors (Lipinski definition) is 6. The molecule has 0 heterocycles. The van der Waals surface area contributed by atoms with E-state index in [2.05, 4.69) is 26.5 Å². The standard InChI is InChI=1S/C17H16BrN3O5/c1-25-14-7-12(13(18)8-15(14)26-2)9-19-20-16(22)10-4-3-5-11(6-10)17(23)21-24/h3-9,24H,1-2H3,(H,20,22)(H,21,23)/b19-9+. The van der Waals surface area contributed by atoms with Gasteiger partial charge in [0.2, 0.25) is 0 Å². The fourth-order valence-electron chi connectivity index (χ4n) is 2.06. The average Bonchev–Trinajstić information content (AvgIpc) is 2.68. The lowest BCUT2D eigenvalue weighted by Crippen LogP contribution is -2.21. The minimum atomic E-state index is -0.711. The molecule has 0 fully saturated rings. The van der Waals surface area contributed by atoms with Crippen LogP contribution >= 0.6 is 15.9 Å². The van der Waals surface area contributed by atoms with Crippen LogP contribution in [0.3, 0.4) is 0 Å². The van der Waals surface area contributed by atoms with E-state index in [-0.39, 0.29) is 11.1 Å². The van der Waals surface area contributed by atoms with Crippen molar-refractivity contribution in [1.29, 1.82) is 0 Å². The van der Waals surface area contributed by atoms with E-state index < -0.39 is 11.8 Å². The number of hydrazone groups is 1. The van der Waals surface area contributed by atoms with E-state index in [4.69, 9.17) is 14.7 Å². The van der Waals surface area contributed by atoms with Crippen LogP contribution in [0.4, 0.5) is 0 Å². The summed E-state index contributed by atoms with van der Waals surface area (Å²) in [6, 6.07) is 9.26. The Morgan fingerprint density at radius 3 is 2.31 bits per heavy atom. The smallest absolute Gasteiger partial charge is 0.274 e. The molecular formula is C17H16BrN3O5. The molecule has 0 saturated heterocycles. The van der Waals surface area contributed by atoms with Gasteiger partial charge < -0.3 is 9.47 Å². The first-order chi connectivity index (χ1) is 12.5. The molecule has 2 amide bonds. The van der Waals surface area contributed by atoms with E-state index in [0.29, 0.717) is 21.5 Å². The van der Waals surface area contributed by atoms with Gasteiger partial charge >= 0.3 is 0 Å². The maximum absolute atomic E-state index is 12.1. The molecule has 0 spiro atoms. The first-order valence-electron chi connectivity index (χ1n) is 7.29. The molecule has 0 unspecified atom stereocenters. The van der Waals surface area contributed by atoms with E-state index in [9.17, 15) is 9.59 Å². The summed E-state index contributed by atoms with van der Waals surface area (Å²) in [6.45, 7) is 0. The van der Waals surface area contributed by atoms with Crippen molar-refractivity contribution in [3.8, 4) is 11.5 Å². The van der Waals surface area contributed by atoms with Crippen LogP contribution in [-0.2, 0) is 0 Å². The Kier molecular flexibility index (Phi) is 6.70. The fraction of sp³-hybridized carbons (Fsp3) is 0.118. The van der Waals surface area contributed by atoms with Crippen LogP contribution in [-0.4, -0.2) is 37.5 Å². The Balaban J connectivity index is 2.13. The molecule has 0 radical (unpaired) electrons. The Morgan fingerprint density at radius 1 is 1.08 bits per heavy atom. The maximum atomic E-state index is 12.1. The largest absolute Gasteiger partial charge is 0.493 e. The quantitative estimate of drug-likeness (QED) is 0.376. The first kappa shape index (κ1) is 19.4. The Morgan fingerprint density at radius 2 is 1.69 bits per heavy atom. The van der Waals surface area contributed by atoms with Gasteiger partial charge in [-0.25, -0.2) is 10.9 Å². The normalized spacial score (nSPS) is 10.5. The lowest BCUT2D eigenvalue weighted by Gasteiger charge is -2.09. The number of ether oxygens (including phenoxy) is 2. The van der Waals surface area contributed by atoms with Crippen molar-refractivity contribution >= 4 is 34.0 Å². The van der Waals surface area contributed by atoms with Gasteiger partial charge in [0.25, 0.3) is 11.8 Å². The van der Waals surface area contributed by atoms with Gasteiger partial charge in [-0.3, -0.25) is 14.8 Å². The van der Waals surface area contributed by atoms with Crippen molar-refractivity contribution in [3.63, 3.8) is 0 Å². The number of nitrogens with one attached hydrogen (secondary N) is 2.